The van der Waals surface area contributed by atoms with E-state index in [0.717, 1.165) is 36.9 Å². The molecule has 2 atom stereocenters. The molecule has 0 N–H and O–H groups in total. The van der Waals surface area contributed by atoms with Gasteiger partial charge in [0.1, 0.15) is 0 Å². The number of rotatable bonds is 8. The van der Waals surface area contributed by atoms with Crippen molar-refractivity contribution in [2.75, 3.05) is 11.4 Å². The van der Waals surface area contributed by atoms with E-state index in [1.165, 1.54) is 22.3 Å². The van der Waals surface area contributed by atoms with Gasteiger partial charge in [0.25, 0.3) is 0 Å². The van der Waals surface area contributed by atoms with Gasteiger partial charge in [0.05, 0.1) is 25.2 Å². The van der Waals surface area contributed by atoms with E-state index in [2.05, 4.69) is 92.7 Å². The van der Waals surface area contributed by atoms with Gasteiger partial charge in [-0.05, 0) is 71.6 Å². The predicted molar refractivity (Wildman–Crippen MR) is 152 cm³/mol. The molecule has 2 aliphatic rings. The number of nitrogens with zero attached hydrogens (tertiary/aromatic N) is 1. The van der Waals surface area contributed by atoms with Crippen LogP contribution in [0.5, 0.6) is 0 Å². The van der Waals surface area contributed by atoms with E-state index in [1.807, 2.05) is 23.1 Å². The molecule has 0 saturated carbocycles. The first-order chi connectivity index (χ1) is 18.1. The molecule has 0 heterocycles. The molecule has 2 aliphatic carbocycles. The van der Waals surface area contributed by atoms with Crippen LogP contribution in [0.2, 0.25) is 0 Å². The average molecular weight is 492 g/mol. The number of ether oxygens (including phenoxy) is 1. The molecule has 3 nitrogen and oxygen atoms in total. The van der Waals surface area contributed by atoms with Gasteiger partial charge < -0.3 is 9.64 Å². The van der Waals surface area contributed by atoms with Crippen LogP contribution >= 0.6 is 0 Å². The van der Waals surface area contributed by atoms with Crippen LogP contribution in [-0.4, -0.2) is 18.6 Å². The molecule has 3 aromatic carbocycles. The zero-order valence-electron chi connectivity index (χ0n) is 22.0. The van der Waals surface area contributed by atoms with E-state index in [9.17, 15) is 4.79 Å². The van der Waals surface area contributed by atoms with Gasteiger partial charge in [0.2, 0.25) is 5.91 Å². The number of carbonyl (C=O) groups is 1. The Balaban J connectivity index is 1.33. The molecule has 0 bridgehead atoms. The van der Waals surface area contributed by atoms with Crippen LogP contribution in [0.4, 0.5) is 5.69 Å². The maximum Gasteiger partial charge on any atom is 0.234 e. The molecule has 0 aliphatic heterocycles. The number of aryl methyl sites for hydroxylation is 1. The van der Waals surface area contributed by atoms with Crippen LogP contribution in [0.25, 0.3) is 0 Å². The Morgan fingerprint density at radius 1 is 0.973 bits per heavy atom. The molecule has 190 valence electrons. The largest absolute Gasteiger partial charge is 0.369 e. The molecule has 0 saturated heterocycles. The standard InChI is InChI=1S/C34H37NO2/c1-25(2)28-17-19-30(20-18-28)35(34(36)33-14-8-12-29-11-6-7-13-32(29)33)23-26-15-21-31(22-16-26)37-24-27-9-4-3-5-10-27/h3-7,9-11,13,15-21,25,31,33H,8,12,14,22-24H2,1-2H3. The van der Waals surface area contributed by atoms with Crippen molar-refractivity contribution in [2.24, 2.45) is 0 Å². The fourth-order valence-electron chi connectivity index (χ4n) is 5.38. The Morgan fingerprint density at radius 2 is 1.73 bits per heavy atom. The van der Waals surface area contributed by atoms with Crippen LogP contribution in [-0.2, 0) is 22.6 Å². The summed E-state index contributed by atoms with van der Waals surface area (Å²) in [5, 5.41) is 0. The summed E-state index contributed by atoms with van der Waals surface area (Å²) in [4.78, 5) is 16.1. The number of anilines is 1. The third-order valence-electron chi connectivity index (χ3n) is 7.59. The molecule has 5 rings (SSSR count). The molecule has 37 heavy (non-hydrogen) atoms. The highest BCUT2D eigenvalue weighted by molar-refractivity contribution is 5.99. The first-order valence-electron chi connectivity index (χ1n) is 13.6. The highest BCUT2D eigenvalue weighted by Gasteiger charge is 2.31. The SMILES string of the molecule is CC(C)c1ccc(N(CC2=CCC(OCc3ccccc3)C=C2)C(=O)C2CCCc3ccccc32)cc1. The molecule has 1 amide bonds. The van der Waals surface area contributed by atoms with E-state index < -0.39 is 0 Å². The van der Waals surface area contributed by atoms with Crippen molar-refractivity contribution in [3.8, 4) is 0 Å². The molecule has 0 radical (unpaired) electrons. The van der Waals surface area contributed by atoms with Crippen LogP contribution < -0.4 is 4.90 Å². The molecule has 0 aromatic heterocycles. The number of carbonyl (C=O) groups excluding carboxylic acids is 1. The van der Waals surface area contributed by atoms with Crippen molar-refractivity contribution in [1.82, 2.24) is 0 Å². The zero-order chi connectivity index (χ0) is 25.6. The summed E-state index contributed by atoms with van der Waals surface area (Å²) in [5.41, 5.74) is 7.11. The number of fused-ring (bicyclic) bond motifs is 1. The Bertz CT molecular complexity index is 1260. The third-order valence-corrected chi connectivity index (χ3v) is 7.59. The summed E-state index contributed by atoms with van der Waals surface area (Å²) >= 11 is 0. The normalized spacial score (nSPS) is 18.8. The van der Waals surface area contributed by atoms with Crippen molar-refractivity contribution in [3.63, 3.8) is 0 Å². The minimum absolute atomic E-state index is 0.0589. The van der Waals surface area contributed by atoms with Crippen molar-refractivity contribution >= 4 is 11.6 Å². The molecular formula is C34H37NO2. The van der Waals surface area contributed by atoms with E-state index in [4.69, 9.17) is 4.74 Å². The summed E-state index contributed by atoms with van der Waals surface area (Å²) in [5.74, 6) is 0.561. The van der Waals surface area contributed by atoms with Gasteiger partial charge in [0, 0.05) is 5.69 Å². The first kappa shape index (κ1) is 25.2. The number of hydrogen-bond acceptors (Lipinski definition) is 2. The third kappa shape index (κ3) is 6.11. The van der Waals surface area contributed by atoms with Gasteiger partial charge in [-0.15, -0.1) is 0 Å². The van der Waals surface area contributed by atoms with Gasteiger partial charge >= 0.3 is 0 Å². The lowest BCUT2D eigenvalue weighted by atomic mass is 9.82. The fourth-order valence-corrected chi connectivity index (χ4v) is 5.38. The number of hydrogen-bond donors (Lipinski definition) is 0. The quantitative estimate of drug-likeness (QED) is 0.323. The number of benzene rings is 3. The molecule has 0 fully saturated rings. The van der Waals surface area contributed by atoms with Crippen LogP contribution in [0, 0.1) is 0 Å². The predicted octanol–water partition coefficient (Wildman–Crippen LogP) is 7.73. The Morgan fingerprint density at radius 3 is 2.46 bits per heavy atom. The van der Waals surface area contributed by atoms with Crippen LogP contribution in [0.1, 0.15) is 67.2 Å². The molecule has 0 spiro atoms. The Hall–Kier alpha value is -3.43. The first-order valence-corrected chi connectivity index (χ1v) is 13.6. The van der Waals surface area contributed by atoms with Crippen LogP contribution in [0.15, 0.2) is 103 Å². The zero-order valence-corrected chi connectivity index (χ0v) is 22.0. The second-order valence-electron chi connectivity index (χ2n) is 10.5. The second-order valence-corrected chi connectivity index (χ2v) is 10.5. The van der Waals surface area contributed by atoms with E-state index in [-0.39, 0.29) is 17.9 Å². The van der Waals surface area contributed by atoms with E-state index in [1.54, 1.807) is 0 Å². The maximum absolute atomic E-state index is 14.1. The monoisotopic (exact) mass is 491 g/mol. The Kier molecular flexibility index (Phi) is 8.01. The van der Waals surface area contributed by atoms with Gasteiger partial charge in [-0.3, -0.25) is 4.79 Å². The molecule has 3 heteroatoms. The summed E-state index contributed by atoms with van der Waals surface area (Å²) in [6.07, 6.45) is 10.4. The summed E-state index contributed by atoms with van der Waals surface area (Å²) < 4.78 is 6.11. The lowest BCUT2D eigenvalue weighted by Crippen LogP contribution is -2.38. The van der Waals surface area contributed by atoms with Crippen molar-refractivity contribution in [1.29, 1.82) is 0 Å². The van der Waals surface area contributed by atoms with Gasteiger partial charge in [-0.25, -0.2) is 0 Å². The summed E-state index contributed by atoms with van der Waals surface area (Å²) in [7, 11) is 0. The summed E-state index contributed by atoms with van der Waals surface area (Å²) in [6, 6.07) is 27.3. The average Bonchev–Trinajstić information content (AvgIpc) is 2.95. The molecular weight excluding hydrogens is 454 g/mol. The van der Waals surface area contributed by atoms with Crippen molar-refractivity contribution < 1.29 is 9.53 Å². The topological polar surface area (TPSA) is 29.5 Å². The fraction of sp³-hybridized carbons (Fsp3) is 0.324. The second kappa shape index (κ2) is 11.7. The van der Waals surface area contributed by atoms with Crippen LogP contribution in [0.3, 0.4) is 0 Å². The Labute approximate surface area is 221 Å². The summed E-state index contributed by atoms with van der Waals surface area (Å²) in [6.45, 7) is 5.57. The molecule has 2 unspecified atom stereocenters. The van der Waals surface area contributed by atoms with E-state index in [0.29, 0.717) is 19.1 Å². The van der Waals surface area contributed by atoms with Crippen molar-refractivity contribution in [3.05, 3.63) is 125 Å². The minimum Gasteiger partial charge on any atom is -0.369 e. The number of amides is 1. The van der Waals surface area contributed by atoms with Gasteiger partial charge in [-0.2, -0.15) is 0 Å². The minimum atomic E-state index is -0.0927. The smallest absolute Gasteiger partial charge is 0.234 e. The van der Waals surface area contributed by atoms with Crippen molar-refractivity contribution in [2.45, 2.75) is 64.1 Å². The molecule has 3 aromatic rings. The highest BCUT2D eigenvalue weighted by atomic mass is 16.5. The lowest BCUT2D eigenvalue weighted by Gasteiger charge is -2.32. The lowest BCUT2D eigenvalue weighted by molar-refractivity contribution is -0.120. The highest BCUT2D eigenvalue weighted by Crippen LogP contribution is 2.35. The maximum atomic E-state index is 14.1. The van der Waals surface area contributed by atoms with Gasteiger partial charge in [0.15, 0.2) is 0 Å². The van der Waals surface area contributed by atoms with Gasteiger partial charge in [-0.1, -0.05) is 98.8 Å². The van der Waals surface area contributed by atoms with E-state index >= 15 is 0 Å².